The fraction of sp³-hybridized carbons (Fsp3) is 0.500. The Morgan fingerprint density at radius 1 is 1.64 bits per heavy atom. The molecule has 0 aliphatic rings. The normalized spacial score (nSPS) is 10.5. The standard InChI is InChI=1S/C6H8N2O3/c1-3(2)5(9)4-6(10)8-11-7-4/h3H,1-2H3,(H,8,10). The van der Waals surface area contributed by atoms with E-state index in [2.05, 4.69) is 9.79 Å². The predicted octanol–water partition coefficient (Wildman–Crippen LogP) is 0.202. The van der Waals surface area contributed by atoms with Crippen LogP contribution in [0.1, 0.15) is 24.3 Å². The first-order chi connectivity index (χ1) is 5.13. The van der Waals surface area contributed by atoms with Crippen LogP contribution in [0.15, 0.2) is 9.42 Å². The zero-order chi connectivity index (χ0) is 8.43. The molecule has 0 atom stereocenters. The van der Waals surface area contributed by atoms with E-state index in [0.717, 1.165) is 0 Å². The highest BCUT2D eigenvalue weighted by Gasteiger charge is 2.17. The van der Waals surface area contributed by atoms with Gasteiger partial charge in [-0.05, 0) is 5.16 Å². The maximum Gasteiger partial charge on any atom is 0.311 e. The molecule has 0 aliphatic heterocycles. The number of carbonyl (C=O) groups is 1. The minimum Gasteiger partial charge on any atom is -0.292 e. The van der Waals surface area contributed by atoms with Gasteiger partial charge >= 0.3 is 5.56 Å². The molecule has 0 unspecified atom stereocenters. The maximum atomic E-state index is 11.1. The van der Waals surface area contributed by atoms with Crippen LogP contribution in [0, 0.1) is 5.92 Å². The summed E-state index contributed by atoms with van der Waals surface area (Å²) in [7, 11) is 0. The Balaban J connectivity index is 3.03. The van der Waals surface area contributed by atoms with Crippen LogP contribution in [0.5, 0.6) is 0 Å². The molecule has 1 rings (SSSR count). The molecule has 0 amide bonds. The van der Waals surface area contributed by atoms with Crippen molar-refractivity contribution in [1.29, 1.82) is 0 Å². The van der Waals surface area contributed by atoms with Crippen LogP contribution < -0.4 is 5.56 Å². The number of rotatable bonds is 2. The van der Waals surface area contributed by atoms with Crippen molar-refractivity contribution in [2.24, 2.45) is 5.92 Å². The zero-order valence-corrected chi connectivity index (χ0v) is 6.25. The van der Waals surface area contributed by atoms with Crippen LogP contribution in [-0.4, -0.2) is 16.1 Å². The number of aromatic nitrogens is 2. The highest BCUT2D eigenvalue weighted by Crippen LogP contribution is 1.99. The van der Waals surface area contributed by atoms with Crippen LogP contribution in [-0.2, 0) is 0 Å². The van der Waals surface area contributed by atoms with Gasteiger partial charge in [0.05, 0.1) is 0 Å². The van der Waals surface area contributed by atoms with Gasteiger partial charge in [0, 0.05) is 5.92 Å². The lowest BCUT2D eigenvalue weighted by molar-refractivity contribution is 0.0928. The molecule has 1 heterocycles. The van der Waals surface area contributed by atoms with E-state index in [1.807, 2.05) is 5.16 Å². The number of hydrogen-bond acceptors (Lipinski definition) is 4. The number of hydrogen-bond donors (Lipinski definition) is 1. The summed E-state index contributed by atoms with van der Waals surface area (Å²) in [6.45, 7) is 3.38. The molecule has 60 valence electrons. The number of Topliss-reactive ketones (excluding diaryl/α,β-unsaturated/α-hetero) is 1. The van der Waals surface area contributed by atoms with Crippen molar-refractivity contribution < 1.29 is 9.42 Å². The van der Waals surface area contributed by atoms with Gasteiger partial charge in [-0.2, -0.15) is 5.16 Å². The fourth-order valence-electron chi connectivity index (χ4n) is 0.630. The van der Waals surface area contributed by atoms with Gasteiger partial charge in [-0.25, -0.2) is 0 Å². The Hall–Kier alpha value is -1.39. The average Bonchev–Trinajstić information content (AvgIpc) is 2.33. The van der Waals surface area contributed by atoms with Gasteiger partial charge in [0.25, 0.3) is 0 Å². The Kier molecular flexibility index (Phi) is 1.89. The van der Waals surface area contributed by atoms with E-state index in [4.69, 9.17) is 0 Å². The maximum absolute atomic E-state index is 11.1. The monoisotopic (exact) mass is 156 g/mol. The first-order valence-electron chi connectivity index (χ1n) is 3.21. The summed E-state index contributed by atoms with van der Waals surface area (Å²) in [5, 5.41) is 5.19. The van der Waals surface area contributed by atoms with E-state index < -0.39 is 5.56 Å². The summed E-state index contributed by atoms with van der Waals surface area (Å²) < 4.78 is 4.21. The lowest BCUT2D eigenvalue weighted by atomic mass is 10.1. The van der Waals surface area contributed by atoms with Crippen molar-refractivity contribution in [2.45, 2.75) is 13.8 Å². The van der Waals surface area contributed by atoms with Crippen molar-refractivity contribution in [3.8, 4) is 0 Å². The summed E-state index contributed by atoms with van der Waals surface area (Å²) in [6, 6.07) is 0. The van der Waals surface area contributed by atoms with Gasteiger partial charge in [-0.3, -0.25) is 14.2 Å². The van der Waals surface area contributed by atoms with Gasteiger partial charge in [0.2, 0.25) is 5.69 Å². The second kappa shape index (κ2) is 2.69. The molecule has 11 heavy (non-hydrogen) atoms. The average molecular weight is 156 g/mol. The van der Waals surface area contributed by atoms with E-state index in [1.54, 1.807) is 13.8 Å². The molecule has 0 fully saturated rings. The quantitative estimate of drug-likeness (QED) is 0.620. The van der Waals surface area contributed by atoms with Crippen LogP contribution >= 0.6 is 0 Å². The molecule has 0 spiro atoms. The van der Waals surface area contributed by atoms with E-state index in [1.165, 1.54) is 0 Å². The molecule has 5 nitrogen and oxygen atoms in total. The largest absolute Gasteiger partial charge is 0.311 e. The summed E-state index contributed by atoms with van der Waals surface area (Å²) >= 11 is 0. The molecule has 1 aromatic heterocycles. The van der Waals surface area contributed by atoms with E-state index in [9.17, 15) is 9.59 Å². The molecule has 1 aromatic rings. The number of H-pyrrole nitrogens is 1. The summed E-state index contributed by atoms with van der Waals surface area (Å²) in [4.78, 5) is 21.8. The molecule has 5 heteroatoms. The van der Waals surface area contributed by atoms with Crippen LogP contribution in [0.25, 0.3) is 0 Å². The highest BCUT2D eigenvalue weighted by atomic mass is 16.6. The van der Waals surface area contributed by atoms with Gasteiger partial charge in [-0.15, -0.1) is 0 Å². The molecule has 0 aromatic carbocycles. The van der Waals surface area contributed by atoms with Crippen LogP contribution in [0.4, 0.5) is 0 Å². The summed E-state index contributed by atoms with van der Waals surface area (Å²) in [6.07, 6.45) is 0. The number of carbonyl (C=O) groups excluding carboxylic acids is 1. The molecule has 0 saturated carbocycles. The third kappa shape index (κ3) is 1.36. The third-order valence-corrected chi connectivity index (χ3v) is 1.25. The predicted molar refractivity (Wildman–Crippen MR) is 36.3 cm³/mol. The lowest BCUT2D eigenvalue weighted by Gasteiger charge is -1.94. The summed E-state index contributed by atoms with van der Waals surface area (Å²) in [5.41, 5.74) is -0.719. The Labute approximate surface area is 62.4 Å². The molecular weight excluding hydrogens is 148 g/mol. The second-order valence-corrected chi connectivity index (χ2v) is 2.48. The van der Waals surface area contributed by atoms with Gasteiger partial charge < -0.3 is 0 Å². The van der Waals surface area contributed by atoms with E-state index in [0.29, 0.717) is 0 Å². The fourth-order valence-corrected chi connectivity index (χ4v) is 0.630. The van der Waals surface area contributed by atoms with Gasteiger partial charge in [0.15, 0.2) is 5.78 Å². The lowest BCUT2D eigenvalue weighted by Crippen LogP contribution is -2.17. The van der Waals surface area contributed by atoms with Crippen molar-refractivity contribution in [3.63, 3.8) is 0 Å². The Morgan fingerprint density at radius 3 is 2.64 bits per heavy atom. The Bertz CT molecular complexity index is 310. The van der Waals surface area contributed by atoms with Crippen molar-refractivity contribution in [3.05, 3.63) is 16.0 Å². The van der Waals surface area contributed by atoms with Gasteiger partial charge in [-0.1, -0.05) is 13.8 Å². The smallest absolute Gasteiger partial charge is 0.292 e. The summed E-state index contributed by atoms with van der Waals surface area (Å²) in [5.74, 6) is -0.541. The first kappa shape index (κ1) is 7.71. The minimum atomic E-state index is -0.566. The molecule has 0 saturated heterocycles. The van der Waals surface area contributed by atoms with Crippen LogP contribution in [0.2, 0.25) is 0 Å². The number of aromatic amines is 1. The first-order valence-corrected chi connectivity index (χ1v) is 3.21. The van der Waals surface area contributed by atoms with Crippen LogP contribution in [0.3, 0.4) is 0 Å². The van der Waals surface area contributed by atoms with E-state index in [-0.39, 0.29) is 17.4 Å². The molecule has 0 aliphatic carbocycles. The minimum absolute atomic E-state index is 0.153. The van der Waals surface area contributed by atoms with Crippen molar-refractivity contribution in [1.82, 2.24) is 10.3 Å². The second-order valence-electron chi connectivity index (χ2n) is 2.48. The van der Waals surface area contributed by atoms with E-state index >= 15 is 0 Å². The molecule has 0 radical (unpaired) electrons. The third-order valence-electron chi connectivity index (χ3n) is 1.25. The SMILES string of the molecule is CC(C)C(=O)c1no[nH]c1=O. The van der Waals surface area contributed by atoms with Gasteiger partial charge in [0.1, 0.15) is 0 Å². The number of nitrogens with zero attached hydrogens (tertiary/aromatic N) is 1. The van der Waals surface area contributed by atoms with Crippen molar-refractivity contribution in [2.75, 3.05) is 0 Å². The molecule has 1 N–H and O–H groups in total. The Morgan fingerprint density at radius 2 is 2.27 bits per heavy atom. The zero-order valence-electron chi connectivity index (χ0n) is 6.25. The number of nitrogens with one attached hydrogen (secondary N) is 1. The number of ketones is 1. The highest BCUT2D eigenvalue weighted by molar-refractivity contribution is 5.94. The van der Waals surface area contributed by atoms with Crippen molar-refractivity contribution >= 4 is 5.78 Å². The molecular formula is C6H8N2O3. The molecule has 0 bridgehead atoms. The topological polar surface area (TPSA) is 76.0 Å².